The number of carbonyl (C=O) groups excluding carboxylic acids is 1. The smallest absolute Gasteiger partial charge is 0.302 e. The summed E-state index contributed by atoms with van der Waals surface area (Å²) >= 11 is 0. The molecule has 0 saturated heterocycles. The molecule has 0 aromatic heterocycles. The fourth-order valence-corrected chi connectivity index (χ4v) is 0.462. The van der Waals surface area contributed by atoms with E-state index in [1.54, 1.807) is 0 Å². The van der Waals surface area contributed by atoms with E-state index < -0.39 is 6.23 Å². The van der Waals surface area contributed by atoms with Gasteiger partial charge in [0.1, 0.15) is 12.8 Å². The molecule has 0 spiro atoms. The molecule has 0 heterocycles. The Bertz CT molecular complexity index is 139. The maximum absolute atomic E-state index is 10.2. The summed E-state index contributed by atoms with van der Waals surface area (Å²) in [7, 11) is 0. The Morgan fingerprint density at radius 1 is 1.69 bits per heavy atom. The van der Waals surface area contributed by atoms with Crippen molar-refractivity contribution in [3.63, 3.8) is 0 Å². The number of carbonyl (C=O) groups is 2. The fourth-order valence-electron chi connectivity index (χ4n) is 0.462. The van der Waals surface area contributed by atoms with Crippen molar-refractivity contribution < 1.29 is 24.2 Å². The first kappa shape index (κ1) is 14.4. The van der Waals surface area contributed by atoms with Gasteiger partial charge in [-0.2, -0.15) is 0 Å². The summed E-state index contributed by atoms with van der Waals surface area (Å²) in [6.07, 6.45) is -0.492. The molecule has 13 heavy (non-hydrogen) atoms. The van der Waals surface area contributed by atoms with Gasteiger partial charge < -0.3 is 20.3 Å². The SMILES string of the molecule is CCOC(N)COC(C)=O.O=CO. The van der Waals surface area contributed by atoms with Gasteiger partial charge in [-0.3, -0.25) is 9.59 Å². The minimum atomic E-state index is -0.492. The molecule has 1 atom stereocenters. The van der Waals surface area contributed by atoms with Crippen LogP contribution in [0.3, 0.4) is 0 Å². The minimum absolute atomic E-state index is 0.128. The summed E-state index contributed by atoms with van der Waals surface area (Å²) in [6, 6.07) is 0. The normalized spacial score (nSPS) is 10.7. The van der Waals surface area contributed by atoms with Crippen LogP contribution in [0, 0.1) is 0 Å². The highest BCUT2D eigenvalue weighted by molar-refractivity contribution is 5.65. The summed E-state index contributed by atoms with van der Waals surface area (Å²) in [5.41, 5.74) is 5.33. The molecule has 0 fully saturated rings. The second kappa shape index (κ2) is 10.9. The molecule has 0 rings (SSSR count). The Labute approximate surface area is 76.6 Å². The van der Waals surface area contributed by atoms with E-state index in [2.05, 4.69) is 4.74 Å². The molecule has 0 saturated carbocycles. The molecule has 0 aromatic carbocycles. The van der Waals surface area contributed by atoms with Crippen molar-refractivity contribution in [1.29, 1.82) is 0 Å². The first-order chi connectivity index (χ1) is 6.08. The minimum Gasteiger partial charge on any atom is -0.483 e. The standard InChI is InChI=1S/C6H13NO3.CH2O2/c1-3-9-6(7)4-10-5(2)8;2-1-3/h6H,3-4,7H2,1-2H3;1H,(H,2,3). The lowest BCUT2D eigenvalue weighted by molar-refractivity contribution is -0.145. The largest absolute Gasteiger partial charge is 0.483 e. The fraction of sp³-hybridized carbons (Fsp3) is 0.714. The van der Waals surface area contributed by atoms with Crippen molar-refractivity contribution in [3.05, 3.63) is 0 Å². The Morgan fingerprint density at radius 2 is 2.15 bits per heavy atom. The van der Waals surface area contributed by atoms with Crippen molar-refractivity contribution in [3.8, 4) is 0 Å². The van der Waals surface area contributed by atoms with E-state index >= 15 is 0 Å². The predicted octanol–water partition coefficient (Wildman–Crippen LogP) is -0.428. The van der Waals surface area contributed by atoms with Crippen LogP contribution in [0.25, 0.3) is 0 Å². The third-order valence-electron chi connectivity index (χ3n) is 0.832. The summed E-state index contributed by atoms with van der Waals surface area (Å²) in [6.45, 7) is 3.57. The van der Waals surface area contributed by atoms with Crippen LogP contribution in [0.1, 0.15) is 13.8 Å². The van der Waals surface area contributed by atoms with E-state index in [4.69, 9.17) is 20.4 Å². The van der Waals surface area contributed by atoms with Gasteiger partial charge >= 0.3 is 5.97 Å². The molecule has 0 aromatic rings. The molecule has 0 radical (unpaired) electrons. The zero-order valence-electron chi connectivity index (χ0n) is 7.73. The topological polar surface area (TPSA) is 98.9 Å². The Hall–Kier alpha value is -1.14. The van der Waals surface area contributed by atoms with Gasteiger partial charge in [0.25, 0.3) is 6.47 Å². The van der Waals surface area contributed by atoms with Crippen LogP contribution in [0.15, 0.2) is 0 Å². The lowest BCUT2D eigenvalue weighted by Gasteiger charge is -2.10. The van der Waals surface area contributed by atoms with Crippen molar-refractivity contribution in [2.45, 2.75) is 20.1 Å². The summed E-state index contributed by atoms with van der Waals surface area (Å²) in [4.78, 5) is 18.6. The van der Waals surface area contributed by atoms with Crippen molar-refractivity contribution in [2.75, 3.05) is 13.2 Å². The van der Waals surface area contributed by atoms with Gasteiger partial charge in [0.05, 0.1) is 0 Å². The highest BCUT2D eigenvalue weighted by Gasteiger charge is 2.01. The second-order valence-electron chi connectivity index (χ2n) is 1.90. The number of hydrogen-bond acceptors (Lipinski definition) is 5. The molecule has 3 N–H and O–H groups in total. The highest BCUT2D eigenvalue weighted by Crippen LogP contribution is 1.84. The summed E-state index contributed by atoms with van der Waals surface area (Å²) in [5.74, 6) is -0.338. The number of rotatable bonds is 4. The number of ether oxygens (including phenoxy) is 2. The maximum Gasteiger partial charge on any atom is 0.302 e. The van der Waals surface area contributed by atoms with Gasteiger partial charge in [-0.15, -0.1) is 0 Å². The van der Waals surface area contributed by atoms with Crippen LogP contribution < -0.4 is 5.73 Å². The zero-order chi connectivity index (χ0) is 10.7. The molecule has 0 aliphatic rings. The Kier molecular flexibility index (Phi) is 12.0. The average molecular weight is 193 g/mol. The second-order valence-corrected chi connectivity index (χ2v) is 1.90. The van der Waals surface area contributed by atoms with Crippen LogP contribution in [-0.4, -0.2) is 37.0 Å². The van der Waals surface area contributed by atoms with Gasteiger partial charge in [0.15, 0.2) is 0 Å². The van der Waals surface area contributed by atoms with Gasteiger partial charge in [-0.25, -0.2) is 0 Å². The van der Waals surface area contributed by atoms with Crippen molar-refractivity contribution in [1.82, 2.24) is 0 Å². The van der Waals surface area contributed by atoms with E-state index in [0.717, 1.165) is 0 Å². The predicted molar refractivity (Wildman–Crippen MR) is 44.9 cm³/mol. The molecule has 78 valence electrons. The van der Waals surface area contributed by atoms with Gasteiger partial charge in [0.2, 0.25) is 0 Å². The Balaban J connectivity index is 0. The van der Waals surface area contributed by atoms with Crippen molar-refractivity contribution >= 4 is 12.4 Å². The molecule has 0 aliphatic carbocycles. The first-order valence-electron chi connectivity index (χ1n) is 3.66. The molecule has 0 amide bonds. The monoisotopic (exact) mass is 193 g/mol. The first-order valence-corrected chi connectivity index (χ1v) is 3.66. The molecule has 6 nitrogen and oxygen atoms in total. The number of esters is 1. The highest BCUT2D eigenvalue weighted by atomic mass is 16.6. The molecule has 6 heteroatoms. The van der Waals surface area contributed by atoms with Gasteiger partial charge in [-0.05, 0) is 6.92 Å². The molecular weight excluding hydrogens is 178 g/mol. The van der Waals surface area contributed by atoms with E-state index in [-0.39, 0.29) is 19.0 Å². The zero-order valence-corrected chi connectivity index (χ0v) is 7.73. The third-order valence-corrected chi connectivity index (χ3v) is 0.832. The average Bonchev–Trinajstić information content (AvgIpc) is 2.03. The number of carboxylic acid groups (broad SMARTS) is 1. The van der Waals surface area contributed by atoms with E-state index in [1.165, 1.54) is 6.92 Å². The molecule has 1 unspecified atom stereocenters. The number of nitrogens with two attached hydrogens (primary N) is 1. The van der Waals surface area contributed by atoms with Crippen LogP contribution in [-0.2, 0) is 19.1 Å². The maximum atomic E-state index is 10.2. The van der Waals surface area contributed by atoms with E-state index in [0.29, 0.717) is 6.61 Å². The van der Waals surface area contributed by atoms with Crippen LogP contribution in [0.2, 0.25) is 0 Å². The summed E-state index contributed by atoms with van der Waals surface area (Å²) in [5, 5.41) is 6.89. The van der Waals surface area contributed by atoms with Crippen LogP contribution >= 0.6 is 0 Å². The lowest BCUT2D eigenvalue weighted by atomic mass is 10.6. The van der Waals surface area contributed by atoms with E-state index in [9.17, 15) is 4.79 Å². The van der Waals surface area contributed by atoms with Crippen LogP contribution in [0.5, 0.6) is 0 Å². The van der Waals surface area contributed by atoms with Gasteiger partial charge in [-0.1, -0.05) is 0 Å². The number of hydrogen-bond donors (Lipinski definition) is 2. The van der Waals surface area contributed by atoms with E-state index in [1.807, 2.05) is 6.92 Å². The molecule has 0 aliphatic heterocycles. The van der Waals surface area contributed by atoms with Crippen molar-refractivity contribution in [2.24, 2.45) is 5.73 Å². The molecule has 0 bridgehead atoms. The lowest BCUT2D eigenvalue weighted by Crippen LogP contribution is -2.30. The quantitative estimate of drug-likeness (QED) is 0.357. The third kappa shape index (κ3) is 18.1. The Morgan fingerprint density at radius 3 is 2.46 bits per heavy atom. The summed E-state index contributed by atoms with van der Waals surface area (Å²) < 4.78 is 9.46. The molecular formula is C7H15NO5. The van der Waals surface area contributed by atoms with Gasteiger partial charge in [0, 0.05) is 13.5 Å². The van der Waals surface area contributed by atoms with Crippen LogP contribution in [0.4, 0.5) is 0 Å².